The standard InChI is InChI=1S/C15H29NO3Si/c1-9(10(2)17)13-12(14(18)16-13)11(3)19-20(7,8)15(4,5)6/h9,11-13H,1-8H3,(H,16,18)/t9-,11+,12+,13+/m0/s1. The molecule has 20 heavy (non-hydrogen) atoms. The van der Waals surface area contributed by atoms with E-state index in [1.807, 2.05) is 13.8 Å². The normalized spacial score (nSPS) is 26.5. The number of amides is 1. The fourth-order valence-corrected chi connectivity index (χ4v) is 3.76. The Hall–Kier alpha value is -0.683. The van der Waals surface area contributed by atoms with Crippen molar-refractivity contribution in [3.8, 4) is 0 Å². The smallest absolute Gasteiger partial charge is 0.228 e. The van der Waals surface area contributed by atoms with Gasteiger partial charge in [-0.05, 0) is 32.0 Å². The Morgan fingerprint density at radius 3 is 2.15 bits per heavy atom. The van der Waals surface area contributed by atoms with Crippen molar-refractivity contribution in [1.29, 1.82) is 0 Å². The summed E-state index contributed by atoms with van der Waals surface area (Å²) < 4.78 is 6.30. The van der Waals surface area contributed by atoms with Gasteiger partial charge in [-0.15, -0.1) is 0 Å². The van der Waals surface area contributed by atoms with Crippen LogP contribution in [-0.2, 0) is 14.0 Å². The number of nitrogens with one attached hydrogen (secondary N) is 1. The molecule has 1 aliphatic heterocycles. The van der Waals surface area contributed by atoms with Crippen LogP contribution in [0.15, 0.2) is 0 Å². The van der Waals surface area contributed by atoms with Crippen LogP contribution >= 0.6 is 0 Å². The summed E-state index contributed by atoms with van der Waals surface area (Å²) in [6.45, 7) is 16.3. The Morgan fingerprint density at radius 2 is 1.80 bits per heavy atom. The minimum absolute atomic E-state index is 0.00862. The van der Waals surface area contributed by atoms with E-state index in [0.717, 1.165) is 0 Å². The van der Waals surface area contributed by atoms with Crippen LogP contribution in [-0.4, -0.2) is 32.2 Å². The number of ketones is 1. The van der Waals surface area contributed by atoms with Crippen molar-refractivity contribution in [3.63, 3.8) is 0 Å². The van der Waals surface area contributed by atoms with Gasteiger partial charge in [0.05, 0.1) is 18.1 Å². The van der Waals surface area contributed by atoms with Crippen molar-refractivity contribution in [2.24, 2.45) is 11.8 Å². The van der Waals surface area contributed by atoms with Crippen LogP contribution in [0.25, 0.3) is 0 Å². The van der Waals surface area contributed by atoms with Gasteiger partial charge in [-0.1, -0.05) is 27.7 Å². The zero-order chi connectivity index (χ0) is 15.9. The van der Waals surface area contributed by atoms with Crippen LogP contribution in [0.1, 0.15) is 41.5 Å². The molecule has 1 heterocycles. The first-order valence-corrected chi connectivity index (χ1v) is 10.3. The van der Waals surface area contributed by atoms with Gasteiger partial charge in [0.25, 0.3) is 0 Å². The molecule has 1 amide bonds. The third kappa shape index (κ3) is 3.31. The molecule has 5 heteroatoms. The quantitative estimate of drug-likeness (QED) is 0.627. The fourth-order valence-electron chi connectivity index (χ4n) is 2.33. The largest absolute Gasteiger partial charge is 0.413 e. The van der Waals surface area contributed by atoms with Crippen molar-refractivity contribution < 1.29 is 14.0 Å². The molecule has 4 atom stereocenters. The van der Waals surface area contributed by atoms with E-state index in [9.17, 15) is 9.59 Å². The first-order chi connectivity index (χ1) is 8.88. The number of carbonyl (C=O) groups excluding carboxylic acids is 2. The van der Waals surface area contributed by atoms with Gasteiger partial charge in [-0.3, -0.25) is 9.59 Å². The second-order valence-corrected chi connectivity index (χ2v) is 12.3. The number of hydrogen-bond acceptors (Lipinski definition) is 3. The summed E-state index contributed by atoms with van der Waals surface area (Å²) in [5, 5.41) is 2.97. The molecule has 0 spiro atoms. The molecular weight excluding hydrogens is 270 g/mol. The molecule has 1 rings (SSSR count). The summed E-state index contributed by atoms with van der Waals surface area (Å²) in [5.74, 6) is -0.236. The second-order valence-electron chi connectivity index (χ2n) is 7.54. The van der Waals surface area contributed by atoms with E-state index in [2.05, 4.69) is 39.2 Å². The third-order valence-electron chi connectivity index (χ3n) is 4.97. The maximum Gasteiger partial charge on any atom is 0.228 e. The van der Waals surface area contributed by atoms with Crippen LogP contribution in [0.3, 0.4) is 0 Å². The van der Waals surface area contributed by atoms with Gasteiger partial charge >= 0.3 is 0 Å². The lowest BCUT2D eigenvalue weighted by atomic mass is 9.77. The van der Waals surface area contributed by atoms with Gasteiger partial charge in [-0.25, -0.2) is 0 Å². The minimum Gasteiger partial charge on any atom is -0.413 e. The van der Waals surface area contributed by atoms with E-state index in [1.165, 1.54) is 0 Å². The monoisotopic (exact) mass is 299 g/mol. The van der Waals surface area contributed by atoms with Gasteiger partial charge in [0.1, 0.15) is 5.78 Å². The van der Waals surface area contributed by atoms with Crippen LogP contribution in [0.4, 0.5) is 0 Å². The van der Waals surface area contributed by atoms with Crippen LogP contribution in [0, 0.1) is 11.8 Å². The van der Waals surface area contributed by atoms with Crippen molar-refractivity contribution in [2.45, 2.75) is 71.8 Å². The molecule has 116 valence electrons. The highest BCUT2D eigenvalue weighted by atomic mass is 28.4. The van der Waals surface area contributed by atoms with Gasteiger partial charge in [0.15, 0.2) is 8.32 Å². The molecule has 0 aromatic heterocycles. The van der Waals surface area contributed by atoms with Gasteiger partial charge in [-0.2, -0.15) is 0 Å². The van der Waals surface area contributed by atoms with Gasteiger partial charge in [0, 0.05) is 5.92 Å². The maximum atomic E-state index is 11.9. The Labute approximate surface area is 123 Å². The molecule has 0 aliphatic carbocycles. The molecular formula is C15H29NO3Si. The SMILES string of the molecule is CC(=O)[C@H](C)[C@H]1NC(=O)[C@@H]1[C@@H](C)O[Si](C)(C)C(C)(C)C. The predicted octanol–water partition coefficient (Wildman–Crippen LogP) is 2.74. The number of carbonyl (C=O) groups is 2. The molecule has 1 aliphatic rings. The highest BCUT2D eigenvalue weighted by molar-refractivity contribution is 6.74. The van der Waals surface area contributed by atoms with E-state index in [1.54, 1.807) is 6.92 Å². The lowest BCUT2D eigenvalue weighted by Crippen LogP contribution is -2.66. The van der Waals surface area contributed by atoms with Crippen LogP contribution < -0.4 is 5.32 Å². The predicted molar refractivity (Wildman–Crippen MR) is 83.0 cm³/mol. The van der Waals surface area contributed by atoms with Crippen molar-refractivity contribution in [3.05, 3.63) is 0 Å². The third-order valence-corrected chi connectivity index (χ3v) is 9.54. The van der Waals surface area contributed by atoms with E-state index < -0.39 is 8.32 Å². The summed E-state index contributed by atoms with van der Waals surface area (Å²) in [7, 11) is -1.90. The van der Waals surface area contributed by atoms with E-state index >= 15 is 0 Å². The summed E-state index contributed by atoms with van der Waals surface area (Å²) in [4.78, 5) is 23.4. The molecule has 1 N–H and O–H groups in total. The Balaban J connectivity index is 2.78. The van der Waals surface area contributed by atoms with Gasteiger partial charge < -0.3 is 9.74 Å². The Morgan fingerprint density at radius 1 is 1.30 bits per heavy atom. The summed E-state index contributed by atoms with van der Waals surface area (Å²) >= 11 is 0. The van der Waals surface area contributed by atoms with Crippen molar-refractivity contribution in [1.82, 2.24) is 5.32 Å². The summed E-state index contributed by atoms with van der Waals surface area (Å²) in [6.07, 6.45) is -0.142. The molecule has 0 bridgehead atoms. The van der Waals surface area contributed by atoms with E-state index in [-0.39, 0.29) is 40.7 Å². The Bertz CT molecular complexity index is 400. The average Bonchev–Trinajstić information content (AvgIpc) is 2.21. The van der Waals surface area contributed by atoms with Crippen molar-refractivity contribution >= 4 is 20.0 Å². The zero-order valence-electron chi connectivity index (χ0n) is 14.0. The fraction of sp³-hybridized carbons (Fsp3) is 0.867. The highest BCUT2D eigenvalue weighted by Crippen LogP contribution is 2.39. The molecule has 0 aromatic carbocycles. The molecule has 1 fully saturated rings. The van der Waals surface area contributed by atoms with Crippen LogP contribution in [0.2, 0.25) is 18.1 Å². The summed E-state index contributed by atoms with van der Waals surface area (Å²) in [5.41, 5.74) is 0. The summed E-state index contributed by atoms with van der Waals surface area (Å²) in [6, 6.07) is -0.0835. The number of rotatable bonds is 5. The molecule has 0 aromatic rings. The molecule has 1 saturated heterocycles. The molecule has 4 nitrogen and oxygen atoms in total. The number of Topliss-reactive ketones (excluding diaryl/α,β-unsaturated/α-hetero) is 1. The first-order valence-electron chi connectivity index (χ1n) is 7.37. The minimum atomic E-state index is -1.90. The number of β-lactam (4-membered cyclic amide) rings is 1. The lowest BCUT2D eigenvalue weighted by molar-refractivity contribution is -0.143. The Kier molecular flexibility index (Phi) is 4.86. The topological polar surface area (TPSA) is 55.4 Å². The van der Waals surface area contributed by atoms with Crippen LogP contribution in [0.5, 0.6) is 0 Å². The highest BCUT2D eigenvalue weighted by Gasteiger charge is 2.49. The molecule has 0 unspecified atom stereocenters. The van der Waals surface area contributed by atoms with E-state index in [4.69, 9.17) is 4.43 Å². The first kappa shape index (κ1) is 17.4. The molecule has 0 saturated carbocycles. The molecule has 0 radical (unpaired) electrons. The maximum absolute atomic E-state index is 11.9. The average molecular weight is 299 g/mol. The van der Waals surface area contributed by atoms with Gasteiger partial charge in [0.2, 0.25) is 5.91 Å². The zero-order valence-corrected chi connectivity index (χ0v) is 15.0. The van der Waals surface area contributed by atoms with Crippen molar-refractivity contribution in [2.75, 3.05) is 0 Å². The number of hydrogen-bond donors (Lipinski definition) is 1. The second kappa shape index (κ2) is 5.60. The lowest BCUT2D eigenvalue weighted by Gasteiger charge is -2.46. The van der Waals surface area contributed by atoms with E-state index in [0.29, 0.717) is 0 Å².